The van der Waals surface area contributed by atoms with Gasteiger partial charge in [-0.25, -0.2) is 0 Å². The van der Waals surface area contributed by atoms with Gasteiger partial charge in [0, 0.05) is 12.7 Å². The van der Waals surface area contributed by atoms with E-state index in [0.29, 0.717) is 16.7 Å². The van der Waals surface area contributed by atoms with Crippen LogP contribution in [-0.4, -0.2) is 25.9 Å². The molecule has 0 saturated heterocycles. The van der Waals surface area contributed by atoms with Crippen molar-refractivity contribution in [1.82, 2.24) is 14.8 Å². The van der Waals surface area contributed by atoms with Crippen molar-refractivity contribution < 1.29 is 9.21 Å². The number of benzene rings is 1. The number of carbonyl (C=O) groups is 1. The van der Waals surface area contributed by atoms with E-state index in [0.717, 1.165) is 16.8 Å². The van der Waals surface area contributed by atoms with Gasteiger partial charge in [0.1, 0.15) is 0 Å². The predicted molar refractivity (Wildman–Crippen MR) is 98.6 cm³/mol. The molecule has 0 unspecified atom stereocenters. The van der Waals surface area contributed by atoms with Gasteiger partial charge in [-0.05, 0) is 44.0 Å². The molecule has 25 heavy (non-hydrogen) atoms. The lowest BCUT2D eigenvalue weighted by Gasteiger charge is -2.15. The maximum atomic E-state index is 12.6. The summed E-state index contributed by atoms with van der Waals surface area (Å²) in [5.41, 5.74) is 2.96. The molecule has 3 rings (SSSR count). The zero-order valence-electron chi connectivity index (χ0n) is 14.6. The summed E-state index contributed by atoms with van der Waals surface area (Å²) in [7, 11) is 1.86. The van der Waals surface area contributed by atoms with Crippen LogP contribution in [0.3, 0.4) is 0 Å². The van der Waals surface area contributed by atoms with Gasteiger partial charge in [-0.2, -0.15) is 0 Å². The Labute approximate surface area is 150 Å². The van der Waals surface area contributed by atoms with Crippen molar-refractivity contribution in [2.75, 3.05) is 5.32 Å². The molecule has 1 N–H and O–H groups in total. The van der Waals surface area contributed by atoms with Crippen LogP contribution in [0.2, 0.25) is 0 Å². The maximum Gasteiger partial charge on any atom is 0.237 e. The highest BCUT2D eigenvalue weighted by Crippen LogP contribution is 2.27. The second-order valence-electron chi connectivity index (χ2n) is 5.86. The fraction of sp³-hybridized carbons (Fsp3) is 0.278. The average molecular weight is 356 g/mol. The molecule has 0 aliphatic rings. The third kappa shape index (κ3) is 3.61. The number of hydrogen-bond acceptors (Lipinski definition) is 5. The van der Waals surface area contributed by atoms with Crippen LogP contribution in [0.25, 0.3) is 11.6 Å². The SMILES string of the molecule is Cc1cccc(C)c1NC(=O)[C@H](C)Sc1nnc(-c2ccco2)n1C. The zero-order chi connectivity index (χ0) is 18.0. The van der Waals surface area contributed by atoms with E-state index in [4.69, 9.17) is 4.42 Å². The molecule has 2 aromatic heterocycles. The van der Waals surface area contributed by atoms with Crippen molar-refractivity contribution in [3.05, 3.63) is 47.7 Å². The normalized spacial score (nSPS) is 12.2. The number of hydrogen-bond donors (Lipinski definition) is 1. The Morgan fingerprint density at radius 2 is 1.92 bits per heavy atom. The lowest BCUT2D eigenvalue weighted by molar-refractivity contribution is -0.115. The minimum absolute atomic E-state index is 0.0649. The molecule has 0 saturated carbocycles. The van der Waals surface area contributed by atoms with E-state index in [-0.39, 0.29) is 11.2 Å². The Balaban J connectivity index is 1.72. The van der Waals surface area contributed by atoms with Gasteiger partial charge in [0.25, 0.3) is 0 Å². The van der Waals surface area contributed by atoms with Gasteiger partial charge in [0.2, 0.25) is 5.91 Å². The number of aromatic nitrogens is 3. The number of aryl methyl sites for hydroxylation is 2. The topological polar surface area (TPSA) is 73.0 Å². The summed E-state index contributed by atoms with van der Waals surface area (Å²) >= 11 is 1.36. The number of amides is 1. The quantitative estimate of drug-likeness (QED) is 0.704. The number of nitrogens with zero attached hydrogens (tertiary/aromatic N) is 3. The number of carbonyl (C=O) groups excluding carboxylic acids is 1. The van der Waals surface area contributed by atoms with Crippen LogP contribution in [0, 0.1) is 13.8 Å². The fourth-order valence-corrected chi connectivity index (χ4v) is 3.30. The monoisotopic (exact) mass is 356 g/mol. The molecule has 6 nitrogen and oxygen atoms in total. The predicted octanol–water partition coefficient (Wildman–Crippen LogP) is 3.81. The Morgan fingerprint density at radius 3 is 2.56 bits per heavy atom. The number of thioether (sulfide) groups is 1. The third-order valence-electron chi connectivity index (χ3n) is 3.96. The highest BCUT2D eigenvalue weighted by Gasteiger charge is 2.21. The number of nitrogens with one attached hydrogen (secondary N) is 1. The molecule has 1 aromatic carbocycles. The van der Waals surface area contributed by atoms with Crippen LogP contribution in [-0.2, 0) is 11.8 Å². The summed E-state index contributed by atoms with van der Waals surface area (Å²) < 4.78 is 7.19. The van der Waals surface area contributed by atoms with Gasteiger partial charge < -0.3 is 14.3 Å². The van der Waals surface area contributed by atoms with Gasteiger partial charge >= 0.3 is 0 Å². The van der Waals surface area contributed by atoms with Gasteiger partial charge in [-0.1, -0.05) is 30.0 Å². The number of para-hydroxylation sites is 1. The van der Waals surface area contributed by atoms with E-state index in [1.165, 1.54) is 11.8 Å². The van der Waals surface area contributed by atoms with Crippen LogP contribution in [0.5, 0.6) is 0 Å². The molecule has 0 bridgehead atoms. The third-order valence-corrected chi connectivity index (χ3v) is 5.09. The minimum atomic E-state index is -0.314. The van der Waals surface area contributed by atoms with Crippen LogP contribution in [0.15, 0.2) is 46.2 Å². The Bertz CT molecular complexity index is 866. The van der Waals surface area contributed by atoms with Gasteiger partial charge in [0.15, 0.2) is 16.7 Å². The molecule has 0 fully saturated rings. The summed E-state index contributed by atoms with van der Waals surface area (Å²) in [4.78, 5) is 12.6. The van der Waals surface area contributed by atoms with E-state index in [1.54, 1.807) is 12.3 Å². The summed E-state index contributed by atoms with van der Waals surface area (Å²) in [6, 6.07) is 9.58. The Kier molecular flexibility index (Phi) is 4.94. The first-order chi connectivity index (χ1) is 12.0. The first-order valence-electron chi connectivity index (χ1n) is 7.94. The highest BCUT2D eigenvalue weighted by atomic mass is 32.2. The van der Waals surface area contributed by atoms with Crippen molar-refractivity contribution in [2.45, 2.75) is 31.2 Å². The highest BCUT2D eigenvalue weighted by molar-refractivity contribution is 8.00. The summed E-state index contributed by atoms with van der Waals surface area (Å²) in [5, 5.41) is 11.7. The molecular formula is C18H20N4O2S. The van der Waals surface area contributed by atoms with E-state index in [9.17, 15) is 4.79 Å². The molecule has 130 valence electrons. The van der Waals surface area contributed by atoms with Crippen molar-refractivity contribution in [3.8, 4) is 11.6 Å². The molecule has 7 heteroatoms. The lowest BCUT2D eigenvalue weighted by Crippen LogP contribution is -2.23. The summed E-state index contributed by atoms with van der Waals surface area (Å²) in [6.45, 7) is 5.83. The van der Waals surface area contributed by atoms with Gasteiger partial charge in [-0.15, -0.1) is 10.2 Å². The molecule has 1 atom stereocenters. The van der Waals surface area contributed by atoms with Crippen molar-refractivity contribution >= 4 is 23.4 Å². The van der Waals surface area contributed by atoms with E-state index in [2.05, 4.69) is 15.5 Å². The summed E-state index contributed by atoms with van der Waals surface area (Å²) in [6.07, 6.45) is 1.59. The second kappa shape index (κ2) is 7.14. The fourth-order valence-electron chi connectivity index (χ4n) is 2.49. The van der Waals surface area contributed by atoms with Crippen LogP contribution in [0.1, 0.15) is 18.1 Å². The molecule has 0 spiro atoms. The smallest absolute Gasteiger partial charge is 0.237 e. The molecular weight excluding hydrogens is 336 g/mol. The van der Waals surface area contributed by atoms with Crippen molar-refractivity contribution in [3.63, 3.8) is 0 Å². The molecule has 3 aromatic rings. The average Bonchev–Trinajstić information content (AvgIpc) is 3.21. The maximum absolute atomic E-state index is 12.6. The molecule has 2 heterocycles. The molecule has 0 aliphatic heterocycles. The first-order valence-corrected chi connectivity index (χ1v) is 8.82. The zero-order valence-corrected chi connectivity index (χ0v) is 15.4. The Hall–Kier alpha value is -2.54. The van der Waals surface area contributed by atoms with Crippen molar-refractivity contribution in [1.29, 1.82) is 0 Å². The van der Waals surface area contributed by atoms with Crippen LogP contribution in [0.4, 0.5) is 5.69 Å². The van der Waals surface area contributed by atoms with Gasteiger partial charge in [-0.3, -0.25) is 4.79 Å². The van der Waals surface area contributed by atoms with Crippen molar-refractivity contribution in [2.24, 2.45) is 7.05 Å². The van der Waals surface area contributed by atoms with Crippen LogP contribution < -0.4 is 5.32 Å². The summed E-state index contributed by atoms with van der Waals surface area (Å²) in [5.74, 6) is 1.22. The standard InChI is InChI=1S/C18H20N4O2S/c1-11-7-5-8-12(2)15(11)19-17(23)13(3)25-18-21-20-16(22(18)4)14-9-6-10-24-14/h5-10,13H,1-4H3,(H,19,23)/t13-/m0/s1. The van der Waals surface area contributed by atoms with E-state index >= 15 is 0 Å². The lowest BCUT2D eigenvalue weighted by atomic mass is 10.1. The van der Waals surface area contributed by atoms with E-state index < -0.39 is 0 Å². The van der Waals surface area contributed by atoms with Gasteiger partial charge in [0.05, 0.1) is 11.5 Å². The minimum Gasteiger partial charge on any atom is -0.461 e. The largest absolute Gasteiger partial charge is 0.461 e. The number of anilines is 1. The van der Waals surface area contributed by atoms with E-state index in [1.807, 2.05) is 56.7 Å². The van der Waals surface area contributed by atoms with Crippen LogP contribution >= 0.6 is 11.8 Å². The molecule has 0 radical (unpaired) electrons. The number of rotatable bonds is 5. The molecule has 0 aliphatic carbocycles. The Morgan fingerprint density at radius 1 is 1.20 bits per heavy atom. The number of furan rings is 1. The molecule has 1 amide bonds. The first kappa shape index (κ1) is 17.3. The second-order valence-corrected chi connectivity index (χ2v) is 7.17.